The first-order valence-electron chi connectivity index (χ1n) is 11.2. The molecule has 0 N–H and O–H groups in total. The third kappa shape index (κ3) is 16.0. The number of halogens is 1. The van der Waals surface area contributed by atoms with Gasteiger partial charge in [0.25, 0.3) is 0 Å². The Kier molecular flexibility index (Phi) is 16.6. The molecule has 198 valence electrons. The zero-order valence-corrected chi connectivity index (χ0v) is 21.3. The molecule has 0 aliphatic heterocycles. The second-order valence-electron chi connectivity index (χ2n) is 7.29. The summed E-state index contributed by atoms with van der Waals surface area (Å²) in [5.74, 6) is -0.933. The number of carbonyl (C=O) groups excluding carboxylic acids is 2. The Balaban J connectivity index is 4.54. The topological polar surface area (TPSA) is 71.1 Å². The van der Waals surface area contributed by atoms with Crippen molar-refractivity contribution in [2.45, 2.75) is 12.8 Å². The first kappa shape index (κ1) is 32.6. The van der Waals surface area contributed by atoms with E-state index in [1.165, 1.54) is 18.2 Å². The number of allylic oxidation sites excluding steroid dienone is 10. The van der Waals surface area contributed by atoms with E-state index in [9.17, 15) is 14.0 Å². The van der Waals surface area contributed by atoms with Crippen molar-refractivity contribution in [3.63, 3.8) is 0 Å². The molecular formula is C30H35FO6. The predicted octanol–water partition coefficient (Wildman–Crippen LogP) is 6.48. The molecule has 0 bridgehead atoms. The minimum Gasteiger partial charge on any atom is -0.494 e. The molecular weight excluding hydrogens is 475 g/mol. The molecule has 0 saturated carbocycles. The normalized spacial score (nSPS) is 10.9. The summed E-state index contributed by atoms with van der Waals surface area (Å²) in [7, 11) is 0. The van der Waals surface area contributed by atoms with Gasteiger partial charge in [0.2, 0.25) is 0 Å². The smallest absolute Gasteiger partial charge is 0.330 e. The van der Waals surface area contributed by atoms with Crippen LogP contribution in [0.5, 0.6) is 0 Å². The molecule has 0 heterocycles. The Morgan fingerprint density at radius 1 is 0.595 bits per heavy atom. The summed E-state index contributed by atoms with van der Waals surface area (Å²) < 4.78 is 35.1. The van der Waals surface area contributed by atoms with Gasteiger partial charge < -0.3 is 18.9 Å². The van der Waals surface area contributed by atoms with Crippen molar-refractivity contribution < 1.29 is 32.9 Å². The number of carbonyl (C=O) groups is 2. The van der Waals surface area contributed by atoms with Crippen LogP contribution < -0.4 is 0 Å². The number of esters is 2. The van der Waals surface area contributed by atoms with Gasteiger partial charge >= 0.3 is 11.9 Å². The standard InChI is InChI=1S/C30H35FO6/c1-9-29(32)36-19-11-17-34-25(6)15-13-22(3)24(5)21-28(31)27(8)23(4)14-16-26(7)35-18-12-20-37-30(33)10-2/h9-10,13-16,21H,1-8,11-12,17-20H2/b15-13-,16-14-,28-21+. The summed E-state index contributed by atoms with van der Waals surface area (Å²) in [6, 6.07) is 0. The average Bonchev–Trinajstić information content (AvgIpc) is 2.88. The molecule has 37 heavy (non-hydrogen) atoms. The van der Waals surface area contributed by atoms with E-state index in [2.05, 4.69) is 52.6 Å². The van der Waals surface area contributed by atoms with Crippen LogP contribution in [0.1, 0.15) is 12.8 Å². The third-order valence-electron chi connectivity index (χ3n) is 4.30. The summed E-state index contributed by atoms with van der Waals surface area (Å²) in [4.78, 5) is 21.9. The number of ether oxygens (including phenoxy) is 4. The highest BCUT2D eigenvalue weighted by Crippen LogP contribution is 2.22. The molecule has 6 nitrogen and oxygen atoms in total. The fraction of sp³-hybridized carbons (Fsp3) is 0.200. The van der Waals surface area contributed by atoms with Gasteiger partial charge in [-0.05, 0) is 34.9 Å². The van der Waals surface area contributed by atoms with E-state index in [0.717, 1.165) is 12.2 Å². The van der Waals surface area contributed by atoms with E-state index in [-0.39, 0.29) is 25.4 Å². The monoisotopic (exact) mass is 510 g/mol. The molecule has 0 aromatic rings. The summed E-state index contributed by atoms with van der Waals surface area (Å²) in [5.41, 5.74) is 1.13. The average molecular weight is 511 g/mol. The Labute approximate surface area is 219 Å². The number of hydrogen-bond donors (Lipinski definition) is 0. The van der Waals surface area contributed by atoms with Crippen molar-refractivity contribution in [1.82, 2.24) is 0 Å². The van der Waals surface area contributed by atoms with Crippen LogP contribution in [0.3, 0.4) is 0 Å². The van der Waals surface area contributed by atoms with Gasteiger partial charge in [-0.2, -0.15) is 0 Å². The summed E-state index contributed by atoms with van der Waals surface area (Å²) >= 11 is 0. The van der Waals surface area contributed by atoms with Crippen molar-refractivity contribution >= 4 is 11.9 Å². The highest BCUT2D eigenvalue weighted by atomic mass is 19.1. The number of rotatable bonds is 20. The molecule has 0 amide bonds. The minimum absolute atomic E-state index is 0.0585. The Morgan fingerprint density at radius 2 is 1.00 bits per heavy atom. The van der Waals surface area contributed by atoms with Crippen molar-refractivity contribution in [2.24, 2.45) is 0 Å². The third-order valence-corrected chi connectivity index (χ3v) is 4.30. The second-order valence-corrected chi connectivity index (χ2v) is 7.29. The highest BCUT2D eigenvalue weighted by Gasteiger charge is 2.06. The maximum absolute atomic E-state index is 14.6. The SMILES string of the molecule is C=CC(=O)OCCCOC(=C)/C=C\C(=C)C(=C)/C=C(/F)C(=C)C(=C)/C=C\C(=C)OCCCOC(=O)C=C. The molecule has 0 aliphatic rings. The lowest BCUT2D eigenvalue weighted by Crippen LogP contribution is -2.04. The van der Waals surface area contributed by atoms with Gasteiger partial charge in [-0.25, -0.2) is 14.0 Å². The molecule has 0 spiro atoms. The minimum atomic E-state index is -0.631. The molecule has 0 unspecified atom stereocenters. The van der Waals surface area contributed by atoms with Crippen LogP contribution in [-0.4, -0.2) is 38.4 Å². The van der Waals surface area contributed by atoms with Crippen molar-refractivity contribution in [3.05, 3.63) is 135 Å². The van der Waals surface area contributed by atoms with Crippen molar-refractivity contribution in [2.75, 3.05) is 26.4 Å². The summed E-state index contributed by atoms with van der Waals surface area (Å²) in [6.45, 7) is 30.3. The van der Waals surface area contributed by atoms with Crippen LogP contribution in [0.2, 0.25) is 0 Å². The molecule has 7 heteroatoms. The van der Waals surface area contributed by atoms with Crippen LogP contribution >= 0.6 is 0 Å². The van der Waals surface area contributed by atoms with Crippen molar-refractivity contribution in [1.29, 1.82) is 0 Å². The molecule has 0 atom stereocenters. The fourth-order valence-electron chi connectivity index (χ4n) is 2.16. The lowest BCUT2D eigenvalue weighted by molar-refractivity contribution is -0.138. The van der Waals surface area contributed by atoms with Gasteiger partial charge in [-0.1, -0.05) is 64.8 Å². The highest BCUT2D eigenvalue weighted by molar-refractivity contribution is 5.81. The van der Waals surface area contributed by atoms with E-state index >= 15 is 0 Å². The number of hydrogen-bond acceptors (Lipinski definition) is 6. The first-order chi connectivity index (χ1) is 17.5. The zero-order chi connectivity index (χ0) is 28.2. The maximum Gasteiger partial charge on any atom is 0.330 e. The van der Waals surface area contributed by atoms with Crippen LogP contribution in [0.25, 0.3) is 0 Å². The van der Waals surface area contributed by atoms with Crippen molar-refractivity contribution in [3.8, 4) is 0 Å². The van der Waals surface area contributed by atoms with Gasteiger partial charge in [0.05, 0.1) is 26.4 Å². The van der Waals surface area contributed by atoms with Gasteiger partial charge in [0, 0.05) is 30.6 Å². The first-order valence-corrected chi connectivity index (χ1v) is 11.2. The van der Waals surface area contributed by atoms with Gasteiger partial charge in [0.15, 0.2) is 0 Å². The van der Waals surface area contributed by atoms with Crippen LogP contribution in [0.15, 0.2) is 135 Å². The van der Waals surface area contributed by atoms with E-state index in [1.54, 1.807) is 12.2 Å². The molecule has 0 aromatic carbocycles. The largest absolute Gasteiger partial charge is 0.494 e. The van der Waals surface area contributed by atoms with E-state index in [4.69, 9.17) is 18.9 Å². The quantitative estimate of drug-likeness (QED) is 0.0614. The van der Waals surface area contributed by atoms with Gasteiger partial charge in [-0.15, -0.1) is 0 Å². The second kappa shape index (κ2) is 18.9. The van der Waals surface area contributed by atoms with E-state index in [1.807, 2.05) is 0 Å². The molecule has 0 aromatic heterocycles. The molecule has 0 radical (unpaired) electrons. The maximum atomic E-state index is 14.6. The van der Waals surface area contributed by atoms with Gasteiger partial charge in [-0.3, -0.25) is 0 Å². The predicted molar refractivity (Wildman–Crippen MR) is 146 cm³/mol. The summed E-state index contributed by atoms with van der Waals surface area (Å²) in [5, 5.41) is 0. The van der Waals surface area contributed by atoms with Crippen LogP contribution in [0, 0.1) is 0 Å². The Hall–Kier alpha value is -4.39. The Bertz CT molecular complexity index is 1020. The van der Waals surface area contributed by atoms with Gasteiger partial charge in [0.1, 0.15) is 17.3 Å². The molecule has 0 fully saturated rings. The molecule has 0 aliphatic carbocycles. The molecule has 0 rings (SSSR count). The van der Waals surface area contributed by atoms with E-state index < -0.39 is 17.8 Å². The summed E-state index contributed by atoms with van der Waals surface area (Å²) in [6.07, 6.45) is 10.5. The zero-order valence-electron chi connectivity index (χ0n) is 21.3. The van der Waals surface area contributed by atoms with E-state index in [0.29, 0.717) is 47.7 Å². The van der Waals surface area contributed by atoms with Crippen LogP contribution in [0.4, 0.5) is 4.39 Å². The molecule has 0 saturated heterocycles. The Morgan fingerprint density at radius 3 is 1.43 bits per heavy atom. The lowest BCUT2D eigenvalue weighted by atomic mass is 10.0. The lowest BCUT2D eigenvalue weighted by Gasteiger charge is -2.08. The fourth-order valence-corrected chi connectivity index (χ4v) is 2.16. The van der Waals surface area contributed by atoms with Crippen LogP contribution in [-0.2, 0) is 28.5 Å².